The van der Waals surface area contributed by atoms with E-state index in [0.717, 1.165) is 17.7 Å². The summed E-state index contributed by atoms with van der Waals surface area (Å²) >= 11 is 5.94. The van der Waals surface area contributed by atoms with Crippen LogP contribution in [0, 0.1) is 5.92 Å². The molecule has 0 fully saturated rings. The van der Waals surface area contributed by atoms with Gasteiger partial charge in [0.05, 0.1) is 5.56 Å². The molecule has 1 N–H and O–H groups in total. The Morgan fingerprint density at radius 1 is 1.25 bits per heavy atom. The highest BCUT2D eigenvalue weighted by atomic mass is 35.5. The van der Waals surface area contributed by atoms with Gasteiger partial charge in [-0.2, -0.15) is 0 Å². The zero-order valence-electron chi connectivity index (χ0n) is 11.6. The molecule has 0 aliphatic heterocycles. The Morgan fingerprint density at radius 2 is 2.00 bits per heavy atom. The highest BCUT2D eigenvalue weighted by Gasteiger charge is 2.13. The van der Waals surface area contributed by atoms with Crippen LogP contribution in [0.5, 0.6) is 0 Å². The third kappa shape index (κ3) is 3.58. The lowest BCUT2D eigenvalue weighted by Crippen LogP contribution is -2.14. The molecule has 0 bridgehead atoms. The van der Waals surface area contributed by atoms with E-state index in [4.69, 9.17) is 11.6 Å². The summed E-state index contributed by atoms with van der Waals surface area (Å²) in [6, 6.07) is 11.2. The number of nitrogens with zero attached hydrogens (tertiary/aromatic N) is 1. The molecule has 1 aromatic carbocycles. The zero-order valence-corrected chi connectivity index (χ0v) is 12.3. The van der Waals surface area contributed by atoms with E-state index in [1.807, 2.05) is 24.3 Å². The van der Waals surface area contributed by atoms with Crippen molar-refractivity contribution in [2.24, 2.45) is 5.92 Å². The number of aromatic nitrogens is 1. The van der Waals surface area contributed by atoms with Gasteiger partial charge in [-0.15, -0.1) is 0 Å². The topological polar surface area (TPSA) is 42.0 Å². The van der Waals surface area contributed by atoms with E-state index in [1.54, 1.807) is 18.3 Å². The van der Waals surface area contributed by atoms with E-state index in [-0.39, 0.29) is 11.1 Å². The lowest BCUT2D eigenvalue weighted by Gasteiger charge is -2.13. The van der Waals surface area contributed by atoms with E-state index in [2.05, 4.69) is 24.1 Å². The van der Waals surface area contributed by atoms with Crippen molar-refractivity contribution in [3.8, 4) is 0 Å². The Bertz CT molecular complexity index is 611. The predicted octanol–water partition coefficient (Wildman–Crippen LogP) is 4.19. The largest absolute Gasteiger partial charge is 0.322 e. The van der Waals surface area contributed by atoms with Gasteiger partial charge in [0.25, 0.3) is 5.91 Å². The summed E-state index contributed by atoms with van der Waals surface area (Å²) in [6.07, 6.45) is 2.48. The van der Waals surface area contributed by atoms with Crippen LogP contribution in [0.15, 0.2) is 42.6 Å². The lowest BCUT2D eigenvalue weighted by molar-refractivity contribution is 0.102. The SMILES string of the molecule is CC(C)Cc1ccccc1NC(=O)c1cccnc1Cl. The number of nitrogens with one attached hydrogen (secondary N) is 1. The fourth-order valence-electron chi connectivity index (χ4n) is 2.01. The third-order valence-corrected chi connectivity index (χ3v) is 3.20. The number of pyridine rings is 1. The molecule has 0 spiro atoms. The Hall–Kier alpha value is -1.87. The number of carbonyl (C=O) groups is 1. The number of benzene rings is 1. The molecule has 0 saturated carbocycles. The maximum absolute atomic E-state index is 12.2. The minimum absolute atomic E-state index is 0.214. The second kappa shape index (κ2) is 6.53. The fourth-order valence-corrected chi connectivity index (χ4v) is 2.21. The lowest BCUT2D eigenvalue weighted by atomic mass is 10.0. The summed E-state index contributed by atoms with van der Waals surface area (Å²) in [5.74, 6) is 0.286. The van der Waals surface area contributed by atoms with Gasteiger partial charge < -0.3 is 5.32 Å². The van der Waals surface area contributed by atoms with E-state index in [1.165, 1.54) is 0 Å². The molecule has 104 valence electrons. The average molecular weight is 289 g/mol. The average Bonchev–Trinajstić information content (AvgIpc) is 2.41. The van der Waals surface area contributed by atoms with Crippen LogP contribution in [0.4, 0.5) is 5.69 Å². The molecule has 3 nitrogen and oxygen atoms in total. The van der Waals surface area contributed by atoms with Crippen molar-refractivity contribution in [3.63, 3.8) is 0 Å². The maximum Gasteiger partial charge on any atom is 0.258 e. The second-order valence-electron chi connectivity index (χ2n) is 5.05. The summed E-state index contributed by atoms with van der Waals surface area (Å²) < 4.78 is 0. The number of carbonyl (C=O) groups excluding carboxylic acids is 1. The van der Waals surface area contributed by atoms with Crippen molar-refractivity contribution < 1.29 is 4.79 Å². The van der Waals surface area contributed by atoms with Gasteiger partial charge in [0, 0.05) is 11.9 Å². The first-order valence-corrected chi connectivity index (χ1v) is 6.95. The molecule has 1 aromatic heterocycles. The molecule has 4 heteroatoms. The fraction of sp³-hybridized carbons (Fsp3) is 0.250. The van der Waals surface area contributed by atoms with E-state index in [0.29, 0.717) is 11.5 Å². The van der Waals surface area contributed by atoms with Crippen LogP contribution in [0.3, 0.4) is 0 Å². The number of amides is 1. The molecule has 2 aromatic rings. The molecular formula is C16H17ClN2O. The van der Waals surface area contributed by atoms with Gasteiger partial charge in [0.1, 0.15) is 5.15 Å². The van der Waals surface area contributed by atoms with Crippen molar-refractivity contribution in [2.45, 2.75) is 20.3 Å². The number of rotatable bonds is 4. The van der Waals surface area contributed by atoms with Gasteiger partial charge in [0.2, 0.25) is 0 Å². The summed E-state index contributed by atoms with van der Waals surface area (Å²) in [7, 11) is 0. The Balaban J connectivity index is 2.22. The van der Waals surface area contributed by atoms with Gasteiger partial charge in [-0.3, -0.25) is 4.79 Å². The number of hydrogen-bond acceptors (Lipinski definition) is 2. The monoisotopic (exact) mass is 288 g/mol. The molecule has 0 aliphatic carbocycles. The van der Waals surface area contributed by atoms with Crippen molar-refractivity contribution >= 4 is 23.2 Å². The summed E-state index contributed by atoms with van der Waals surface area (Å²) in [6.45, 7) is 4.30. The first kappa shape index (κ1) is 14.5. The molecule has 0 radical (unpaired) electrons. The molecule has 2 rings (SSSR count). The van der Waals surface area contributed by atoms with Gasteiger partial charge in [-0.1, -0.05) is 43.6 Å². The summed E-state index contributed by atoms with van der Waals surface area (Å²) in [5.41, 5.74) is 2.33. The molecule has 0 aliphatic rings. The first-order valence-electron chi connectivity index (χ1n) is 6.57. The summed E-state index contributed by atoms with van der Waals surface area (Å²) in [4.78, 5) is 16.2. The van der Waals surface area contributed by atoms with Crippen molar-refractivity contribution in [2.75, 3.05) is 5.32 Å². The molecular weight excluding hydrogens is 272 g/mol. The van der Waals surface area contributed by atoms with Crippen LogP contribution in [0.2, 0.25) is 5.15 Å². The molecule has 0 unspecified atom stereocenters. The van der Waals surface area contributed by atoms with Crippen LogP contribution < -0.4 is 5.32 Å². The summed E-state index contributed by atoms with van der Waals surface area (Å²) in [5, 5.41) is 3.12. The first-order chi connectivity index (χ1) is 9.58. The smallest absolute Gasteiger partial charge is 0.258 e. The van der Waals surface area contributed by atoms with Gasteiger partial charge in [-0.25, -0.2) is 4.98 Å². The highest BCUT2D eigenvalue weighted by molar-refractivity contribution is 6.33. The van der Waals surface area contributed by atoms with Crippen LogP contribution in [-0.2, 0) is 6.42 Å². The molecule has 1 amide bonds. The van der Waals surface area contributed by atoms with Crippen LogP contribution in [0.1, 0.15) is 29.8 Å². The van der Waals surface area contributed by atoms with E-state index < -0.39 is 0 Å². The van der Waals surface area contributed by atoms with Gasteiger partial charge >= 0.3 is 0 Å². The van der Waals surface area contributed by atoms with Crippen LogP contribution in [0.25, 0.3) is 0 Å². The molecule has 1 heterocycles. The zero-order chi connectivity index (χ0) is 14.5. The molecule has 20 heavy (non-hydrogen) atoms. The second-order valence-corrected chi connectivity index (χ2v) is 5.41. The maximum atomic E-state index is 12.2. The number of para-hydroxylation sites is 1. The predicted molar refractivity (Wildman–Crippen MR) is 82.2 cm³/mol. The quantitative estimate of drug-likeness (QED) is 0.857. The van der Waals surface area contributed by atoms with Crippen LogP contribution >= 0.6 is 11.6 Å². The molecule has 0 atom stereocenters. The van der Waals surface area contributed by atoms with E-state index in [9.17, 15) is 4.79 Å². The van der Waals surface area contributed by atoms with Crippen LogP contribution in [-0.4, -0.2) is 10.9 Å². The standard InChI is InChI=1S/C16H17ClN2O/c1-11(2)10-12-6-3-4-8-14(12)19-16(20)13-7-5-9-18-15(13)17/h3-9,11H,10H2,1-2H3,(H,19,20). The Morgan fingerprint density at radius 3 is 2.70 bits per heavy atom. The van der Waals surface area contributed by atoms with Crippen molar-refractivity contribution in [3.05, 3.63) is 58.9 Å². The minimum atomic E-state index is -0.237. The normalized spacial score (nSPS) is 10.6. The Labute approximate surface area is 124 Å². The van der Waals surface area contributed by atoms with Crippen molar-refractivity contribution in [1.82, 2.24) is 4.98 Å². The number of anilines is 1. The van der Waals surface area contributed by atoms with Gasteiger partial charge in [-0.05, 0) is 36.1 Å². The molecule has 0 saturated heterocycles. The highest BCUT2D eigenvalue weighted by Crippen LogP contribution is 2.21. The van der Waals surface area contributed by atoms with E-state index >= 15 is 0 Å². The van der Waals surface area contributed by atoms with Gasteiger partial charge in [0.15, 0.2) is 0 Å². The third-order valence-electron chi connectivity index (χ3n) is 2.90. The number of halogens is 1. The number of hydrogen-bond donors (Lipinski definition) is 1. The Kier molecular flexibility index (Phi) is 4.74. The minimum Gasteiger partial charge on any atom is -0.322 e. The van der Waals surface area contributed by atoms with Crippen molar-refractivity contribution in [1.29, 1.82) is 0 Å².